The molecule has 0 atom stereocenters. The summed E-state index contributed by atoms with van der Waals surface area (Å²) < 4.78 is 27.9. The molecule has 0 saturated heterocycles. The predicted molar refractivity (Wildman–Crippen MR) is 70.8 cm³/mol. The highest BCUT2D eigenvalue weighted by Gasteiger charge is 2.13. The predicted octanol–water partition coefficient (Wildman–Crippen LogP) is 2.07. The summed E-state index contributed by atoms with van der Waals surface area (Å²) in [6.07, 6.45) is 2.16. The molecule has 0 aliphatic carbocycles. The molecule has 0 unspecified atom stereocenters. The van der Waals surface area contributed by atoms with E-state index in [4.69, 9.17) is 10.00 Å². The van der Waals surface area contributed by atoms with Crippen molar-refractivity contribution in [3.8, 4) is 17.6 Å². The minimum atomic E-state index is -3.57. The molecular formula is C11H10BrNO4S. The lowest BCUT2D eigenvalue weighted by molar-refractivity contribution is 0.372. The number of phenolic OH excluding ortho intramolecular Hbond substituents is 1. The lowest BCUT2D eigenvalue weighted by Crippen LogP contribution is -1.98. The maximum absolute atomic E-state index is 11.3. The van der Waals surface area contributed by atoms with Crippen LogP contribution in [0.2, 0.25) is 0 Å². The van der Waals surface area contributed by atoms with Crippen LogP contribution in [0.15, 0.2) is 21.5 Å². The maximum Gasteiger partial charge on any atom is 0.185 e. The number of hydrogen-bond donors (Lipinski definition) is 1. The molecule has 0 saturated carbocycles. The van der Waals surface area contributed by atoms with Crippen LogP contribution >= 0.6 is 15.9 Å². The normalized spacial score (nSPS) is 12.0. The summed E-state index contributed by atoms with van der Waals surface area (Å²) in [5, 5.41) is 18.4. The van der Waals surface area contributed by atoms with Crippen LogP contribution in [0.1, 0.15) is 5.56 Å². The molecule has 0 aliphatic heterocycles. The van der Waals surface area contributed by atoms with E-state index in [-0.39, 0.29) is 16.4 Å². The van der Waals surface area contributed by atoms with Gasteiger partial charge in [-0.2, -0.15) is 5.26 Å². The van der Waals surface area contributed by atoms with Crippen molar-refractivity contribution in [3.63, 3.8) is 0 Å². The van der Waals surface area contributed by atoms with Crippen LogP contribution in [0.3, 0.4) is 0 Å². The molecule has 0 heterocycles. The molecule has 0 aliphatic rings. The smallest absolute Gasteiger partial charge is 0.185 e. The zero-order valence-corrected chi connectivity index (χ0v) is 12.0. The summed E-state index contributed by atoms with van der Waals surface area (Å²) >= 11 is 3.11. The van der Waals surface area contributed by atoms with E-state index in [0.29, 0.717) is 10.0 Å². The van der Waals surface area contributed by atoms with Crippen molar-refractivity contribution < 1.29 is 18.3 Å². The molecule has 1 rings (SSSR count). The maximum atomic E-state index is 11.3. The quantitative estimate of drug-likeness (QED) is 0.856. The molecule has 18 heavy (non-hydrogen) atoms. The van der Waals surface area contributed by atoms with Crippen LogP contribution in [-0.4, -0.2) is 26.9 Å². The topological polar surface area (TPSA) is 87.4 Å². The van der Waals surface area contributed by atoms with Gasteiger partial charge in [-0.3, -0.25) is 0 Å². The SMILES string of the molecule is COc1cc(/C=C(\C#N)S(C)(=O)=O)cc(Br)c1O. The summed E-state index contributed by atoms with van der Waals surface area (Å²) in [5.74, 6) is 0.0916. The number of allylic oxidation sites excluding steroid dienone is 1. The summed E-state index contributed by atoms with van der Waals surface area (Å²) in [6, 6.07) is 4.54. The fraction of sp³-hybridized carbons (Fsp3) is 0.182. The van der Waals surface area contributed by atoms with Gasteiger partial charge < -0.3 is 9.84 Å². The van der Waals surface area contributed by atoms with E-state index in [9.17, 15) is 13.5 Å². The number of nitrogens with zero attached hydrogens (tertiary/aromatic N) is 1. The van der Waals surface area contributed by atoms with E-state index in [1.54, 1.807) is 6.07 Å². The zero-order valence-electron chi connectivity index (χ0n) is 9.64. The molecule has 0 amide bonds. The molecule has 5 nitrogen and oxygen atoms in total. The number of nitriles is 1. The third-order valence-electron chi connectivity index (χ3n) is 2.08. The van der Waals surface area contributed by atoms with Gasteiger partial charge in [0.05, 0.1) is 11.6 Å². The van der Waals surface area contributed by atoms with E-state index in [2.05, 4.69) is 15.9 Å². The number of phenols is 1. The monoisotopic (exact) mass is 331 g/mol. The molecule has 7 heteroatoms. The second-order valence-corrected chi connectivity index (χ2v) is 6.28. The fourth-order valence-corrected chi connectivity index (χ4v) is 2.18. The Hall–Kier alpha value is -1.52. The summed E-state index contributed by atoms with van der Waals surface area (Å²) in [7, 11) is -2.20. The Kier molecular flexibility index (Phi) is 4.38. The Bertz CT molecular complexity index is 644. The Morgan fingerprint density at radius 2 is 2.17 bits per heavy atom. The molecule has 0 radical (unpaired) electrons. The van der Waals surface area contributed by atoms with Gasteiger partial charge in [-0.25, -0.2) is 8.42 Å². The van der Waals surface area contributed by atoms with Gasteiger partial charge in [0.15, 0.2) is 21.3 Å². The first-order valence-electron chi connectivity index (χ1n) is 4.68. The van der Waals surface area contributed by atoms with Gasteiger partial charge in [0.1, 0.15) is 11.0 Å². The first kappa shape index (κ1) is 14.5. The van der Waals surface area contributed by atoms with Crippen LogP contribution in [0, 0.1) is 11.3 Å². The number of sulfone groups is 1. The average Bonchev–Trinajstić information content (AvgIpc) is 2.28. The van der Waals surface area contributed by atoms with Gasteiger partial charge in [-0.15, -0.1) is 0 Å². The Labute approximate surface area is 113 Å². The number of aromatic hydroxyl groups is 1. The van der Waals surface area contributed by atoms with E-state index in [0.717, 1.165) is 6.26 Å². The first-order valence-corrected chi connectivity index (χ1v) is 7.36. The number of ether oxygens (including phenoxy) is 1. The summed E-state index contributed by atoms with van der Waals surface area (Å²) in [5.41, 5.74) is 0.429. The van der Waals surface area contributed by atoms with Crippen molar-refractivity contribution in [3.05, 3.63) is 27.1 Å². The molecule has 96 valence electrons. The number of hydrogen-bond acceptors (Lipinski definition) is 5. The minimum absolute atomic E-state index is 0.0903. The van der Waals surface area contributed by atoms with Crippen LogP contribution in [0.5, 0.6) is 11.5 Å². The van der Waals surface area contributed by atoms with E-state index in [1.807, 2.05) is 0 Å². The summed E-state index contributed by atoms with van der Waals surface area (Å²) in [4.78, 5) is -0.359. The van der Waals surface area contributed by atoms with Gasteiger partial charge in [0.25, 0.3) is 0 Å². The first-order chi connectivity index (χ1) is 8.29. The van der Waals surface area contributed by atoms with Crippen LogP contribution < -0.4 is 4.74 Å². The van der Waals surface area contributed by atoms with E-state index >= 15 is 0 Å². The highest BCUT2D eigenvalue weighted by molar-refractivity contribution is 9.10. The van der Waals surface area contributed by atoms with Crippen molar-refractivity contribution in [2.45, 2.75) is 0 Å². The number of rotatable bonds is 3. The van der Waals surface area contributed by atoms with E-state index < -0.39 is 9.84 Å². The molecule has 0 aromatic heterocycles. The van der Waals surface area contributed by atoms with Gasteiger partial charge in [0, 0.05) is 6.26 Å². The van der Waals surface area contributed by atoms with Crippen molar-refractivity contribution in [2.24, 2.45) is 0 Å². The minimum Gasteiger partial charge on any atom is -0.503 e. The average molecular weight is 332 g/mol. The number of benzene rings is 1. The molecule has 1 N–H and O–H groups in total. The molecule has 0 bridgehead atoms. The molecular weight excluding hydrogens is 322 g/mol. The van der Waals surface area contributed by atoms with Gasteiger partial charge in [-0.1, -0.05) is 0 Å². The van der Waals surface area contributed by atoms with Crippen molar-refractivity contribution in [1.82, 2.24) is 0 Å². The van der Waals surface area contributed by atoms with Crippen LogP contribution in [0.25, 0.3) is 6.08 Å². The second-order valence-electron chi connectivity index (χ2n) is 3.45. The summed E-state index contributed by atoms with van der Waals surface area (Å²) in [6.45, 7) is 0. The standard InChI is InChI=1S/C11H10BrNO4S/c1-17-10-5-7(4-9(12)11(10)14)3-8(6-13)18(2,15)16/h3-5,14H,1-2H3/b8-3+. The van der Waals surface area contributed by atoms with Gasteiger partial charge >= 0.3 is 0 Å². The van der Waals surface area contributed by atoms with Gasteiger partial charge in [0.2, 0.25) is 0 Å². The van der Waals surface area contributed by atoms with Crippen LogP contribution in [0.4, 0.5) is 0 Å². The third-order valence-corrected chi connectivity index (χ3v) is 3.69. The Morgan fingerprint density at radius 1 is 1.56 bits per heavy atom. The lowest BCUT2D eigenvalue weighted by atomic mass is 10.2. The number of halogens is 1. The molecule has 0 fully saturated rings. The molecule has 0 spiro atoms. The largest absolute Gasteiger partial charge is 0.503 e. The second kappa shape index (κ2) is 5.42. The lowest BCUT2D eigenvalue weighted by Gasteiger charge is -2.06. The Morgan fingerprint density at radius 3 is 2.61 bits per heavy atom. The van der Waals surface area contributed by atoms with Crippen molar-refractivity contribution in [2.75, 3.05) is 13.4 Å². The number of methoxy groups -OCH3 is 1. The zero-order chi connectivity index (χ0) is 13.9. The fourth-order valence-electron chi connectivity index (χ4n) is 1.21. The molecule has 1 aromatic rings. The van der Waals surface area contributed by atoms with Gasteiger partial charge in [-0.05, 0) is 39.7 Å². The highest BCUT2D eigenvalue weighted by atomic mass is 79.9. The molecule has 1 aromatic carbocycles. The Balaban J connectivity index is 3.41. The third kappa shape index (κ3) is 3.24. The van der Waals surface area contributed by atoms with Crippen molar-refractivity contribution >= 4 is 31.8 Å². The van der Waals surface area contributed by atoms with E-state index in [1.165, 1.54) is 25.3 Å². The van der Waals surface area contributed by atoms with Crippen molar-refractivity contribution in [1.29, 1.82) is 5.26 Å². The highest BCUT2D eigenvalue weighted by Crippen LogP contribution is 2.35. The van der Waals surface area contributed by atoms with Crippen LogP contribution in [-0.2, 0) is 9.84 Å².